The van der Waals surface area contributed by atoms with Gasteiger partial charge in [0.2, 0.25) is 0 Å². The molecule has 0 unspecified atom stereocenters. The van der Waals surface area contributed by atoms with Crippen LogP contribution in [0.4, 0.5) is 0 Å². The van der Waals surface area contributed by atoms with Crippen molar-refractivity contribution in [1.82, 2.24) is 4.90 Å². The Morgan fingerprint density at radius 1 is 1.54 bits per heavy atom. The van der Waals surface area contributed by atoms with E-state index in [1.54, 1.807) is 0 Å². The molecular formula is C8H17NO3S. The third-order valence-electron chi connectivity index (χ3n) is 2.24. The monoisotopic (exact) mass is 207 g/mol. The van der Waals surface area contributed by atoms with Gasteiger partial charge in [0.25, 0.3) is 0 Å². The molecule has 0 aromatic heterocycles. The molecule has 0 bridgehead atoms. The Hall–Kier alpha value is -0.130. The fourth-order valence-electron chi connectivity index (χ4n) is 1.57. The van der Waals surface area contributed by atoms with Crippen molar-refractivity contribution >= 4 is 9.84 Å². The van der Waals surface area contributed by atoms with E-state index in [1.807, 2.05) is 0 Å². The summed E-state index contributed by atoms with van der Waals surface area (Å²) in [6, 6.07) is 0. The number of sulfone groups is 1. The molecule has 1 aliphatic heterocycles. The lowest BCUT2D eigenvalue weighted by Crippen LogP contribution is -2.24. The van der Waals surface area contributed by atoms with Crippen LogP contribution >= 0.6 is 0 Å². The normalized spacial score (nSPS) is 25.2. The minimum atomic E-state index is -2.82. The van der Waals surface area contributed by atoms with Gasteiger partial charge in [0.15, 0.2) is 0 Å². The number of hydrogen-bond donors (Lipinski definition) is 1. The van der Waals surface area contributed by atoms with Gasteiger partial charge < -0.3 is 10.0 Å². The maximum absolute atomic E-state index is 10.8. The second kappa shape index (κ2) is 4.39. The molecule has 78 valence electrons. The highest BCUT2D eigenvalue weighted by atomic mass is 32.2. The lowest BCUT2D eigenvalue weighted by molar-refractivity contribution is 0.176. The van der Waals surface area contributed by atoms with Gasteiger partial charge in [0.1, 0.15) is 9.84 Å². The number of nitrogens with zero attached hydrogens (tertiary/aromatic N) is 1. The van der Waals surface area contributed by atoms with Gasteiger partial charge >= 0.3 is 0 Å². The first-order valence-electron chi connectivity index (χ1n) is 4.55. The molecule has 13 heavy (non-hydrogen) atoms. The Balaban J connectivity index is 2.14. The molecule has 1 saturated heterocycles. The summed E-state index contributed by atoms with van der Waals surface area (Å²) < 4.78 is 21.6. The lowest BCUT2D eigenvalue weighted by Gasteiger charge is -2.13. The molecule has 0 amide bonds. The van der Waals surface area contributed by atoms with Crippen LogP contribution in [-0.4, -0.2) is 56.2 Å². The van der Waals surface area contributed by atoms with E-state index in [2.05, 4.69) is 4.90 Å². The van der Waals surface area contributed by atoms with E-state index in [0.29, 0.717) is 13.0 Å². The van der Waals surface area contributed by atoms with Crippen LogP contribution in [0.3, 0.4) is 0 Å². The van der Waals surface area contributed by atoms with E-state index < -0.39 is 9.84 Å². The minimum absolute atomic E-state index is 0.210. The summed E-state index contributed by atoms with van der Waals surface area (Å²) in [5.74, 6) is 0.250. The maximum Gasteiger partial charge on any atom is 0.147 e. The molecule has 1 fully saturated rings. The first-order valence-corrected chi connectivity index (χ1v) is 6.61. The first kappa shape index (κ1) is 10.9. The average Bonchev–Trinajstić information content (AvgIpc) is 2.33. The molecule has 0 radical (unpaired) electrons. The van der Waals surface area contributed by atoms with Gasteiger partial charge in [-0.2, -0.15) is 0 Å². The van der Waals surface area contributed by atoms with E-state index in [-0.39, 0.29) is 11.9 Å². The summed E-state index contributed by atoms with van der Waals surface area (Å²) in [6.07, 6.45) is 2.54. The Kier molecular flexibility index (Phi) is 3.70. The fourth-order valence-corrected chi connectivity index (χ4v) is 2.22. The highest BCUT2D eigenvalue weighted by molar-refractivity contribution is 7.90. The summed E-state index contributed by atoms with van der Waals surface area (Å²) in [5.41, 5.74) is 0. The van der Waals surface area contributed by atoms with Crippen LogP contribution in [0.2, 0.25) is 0 Å². The van der Waals surface area contributed by atoms with Crippen LogP contribution in [0, 0.1) is 0 Å². The number of β-amino-alcohol motifs (C(OH)–C–C–N with tert-alkyl or cyclic N) is 1. The second-order valence-electron chi connectivity index (χ2n) is 3.73. The molecule has 1 rings (SSSR count). The summed E-state index contributed by atoms with van der Waals surface area (Å²) in [6.45, 7) is 2.37. The van der Waals surface area contributed by atoms with Crippen molar-refractivity contribution in [3.63, 3.8) is 0 Å². The molecule has 0 aromatic rings. The largest absolute Gasteiger partial charge is 0.392 e. The lowest BCUT2D eigenvalue weighted by atomic mass is 10.3. The molecular weight excluding hydrogens is 190 g/mol. The summed E-state index contributed by atoms with van der Waals surface area (Å²) in [7, 11) is -2.82. The maximum atomic E-state index is 10.8. The predicted molar refractivity (Wildman–Crippen MR) is 51.4 cm³/mol. The fraction of sp³-hybridized carbons (Fsp3) is 1.00. The van der Waals surface area contributed by atoms with E-state index in [1.165, 1.54) is 6.26 Å². The number of aliphatic hydroxyl groups is 1. The van der Waals surface area contributed by atoms with E-state index >= 15 is 0 Å². The second-order valence-corrected chi connectivity index (χ2v) is 5.99. The zero-order chi connectivity index (χ0) is 9.90. The van der Waals surface area contributed by atoms with Gasteiger partial charge in [-0.25, -0.2) is 8.42 Å². The van der Waals surface area contributed by atoms with Crippen molar-refractivity contribution in [2.45, 2.75) is 18.9 Å². The van der Waals surface area contributed by atoms with Crippen molar-refractivity contribution < 1.29 is 13.5 Å². The van der Waals surface area contributed by atoms with Gasteiger partial charge in [0, 0.05) is 19.3 Å². The number of aliphatic hydroxyl groups excluding tert-OH is 1. The van der Waals surface area contributed by atoms with Crippen molar-refractivity contribution in [2.24, 2.45) is 0 Å². The van der Waals surface area contributed by atoms with E-state index in [9.17, 15) is 13.5 Å². The van der Waals surface area contributed by atoms with Gasteiger partial charge in [-0.15, -0.1) is 0 Å². The van der Waals surface area contributed by atoms with E-state index in [4.69, 9.17) is 0 Å². The third-order valence-corrected chi connectivity index (χ3v) is 3.27. The molecule has 1 heterocycles. The zero-order valence-electron chi connectivity index (χ0n) is 7.94. The van der Waals surface area contributed by atoms with Gasteiger partial charge in [-0.1, -0.05) is 0 Å². The molecule has 5 heteroatoms. The quantitative estimate of drug-likeness (QED) is 0.674. The number of hydrogen-bond acceptors (Lipinski definition) is 4. The first-order chi connectivity index (χ1) is 5.97. The van der Waals surface area contributed by atoms with Gasteiger partial charge in [0.05, 0.1) is 11.9 Å². The van der Waals surface area contributed by atoms with Crippen LogP contribution in [0.1, 0.15) is 12.8 Å². The highest BCUT2D eigenvalue weighted by Gasteiger charge is 2.19. The molecule has 0 saturated carbocycles. The Labute approximate surface area is 79.5 Å². The van der Waals surface area contributed by atoms with Crippen molar-refractivity contribution in [1.29, 1.82) is 0 Å². The SMILES string of the molecule is CS(=O)(=O)CCCN1CC[C@@H](O)C1. The third kappa shape index (κ3) is 4.59. The average molecular weight is 207 g/mol. The smallest absolute Gasteiger partial charge is 0.147 e. The topological polar surface area (TPSA) is 57.6 Å². The Morgan fingerprint density at radius 2 is 2.23 bits per heavy atom. The molecule has 0 aromatic carbocycles. The van der Waals surface area contributed by atoms with Crippen LogP contribution in [0.5, 0.6) is 0 Å². The van der Waals surface area contributed by atoms with Crippen molar-refractivity contribution in [3.05, 3.63) is 0 Å². The standard InChI is InChI=1S/C8H17NO3S/c1-13(11,12)6-2-4-9-5-3-8(10)7-9/h8,10H,2-7H2,1H3/t8-/m1/s1. The van der Waals surface area contributed by atoms with Crippen LogP contribution in [0.15, 0.2) is 0 Å². The van der Waals surface area contributed by atoms with Crippen molar-refractivity contribution in [2.75, 3.05) is 31.6 Å². The predicted octanol–water partition coefficient (Wildman–Crippen LogP) is -0.512. The molecule has 1 aliphatic rings. The molecule has 1 atom stereocenters. The van der Waals surface area contributed by atoms with Crippen LogP contribution < -0.4 is 0 Å². The van der Waals surface area contributed by atoms with Gasteiger partial charge in [-0.3, -0.25) is 0 Å². The Bertz CT molecular complexity index is 250. The Morgan fingerprint density at radius 3 is 2.69 bits per heavy atom. The molecule has 4 nitrogen and oxygen atoms in total. The van der Waals surface area contributed by atoms with Crippen LogP contribution in [0.25, 0.3) is 0 Å². The van der Waals surface area contributed by atoms with Crippen LogP contribution in [-0.2, 0) is 9.84 Å². The molecule has 0 spiro atoms. The highest BCUT2D eigenvalue weighted by Crippen LogP contribution is 2.08. The minimum Gasteiger partial charge on any atom is -0.392 e. The van der Waals surface area contributed by atoms with Gasteiger partial charge in [-0.05, 0) is 19.4 Å². The van der Waals surface area contributed by atoms with E-state index in [0.717, 1.165) is 19.5 Å². The molecule has 0 aliphatic carbocycles. The summed E-state index contributed by atoms with van der Waals surface area (Å²) in [4.78, 5) is 2.11. The summed E-state index contributed by atoms with van der Waals surface area (Å²) >= 11 is 0. The number of likely N-dealkylation sites (tertiary alicyclic amines) is 1. The summed E-state index contributed by atoms with van der Waals surface area (Å²) in [5, 5.41) is 9.20. The zero-order valence-corrected chi connectivity index (χ0v) is 8.76. The molecule has 1 N–H and O–H groups in total. The van der Waals surface area contributed by atoms with Crippen molar-refractivity contribution in [3.8, 4) is 0 Å². The number of rotatable bonds is 4.